The van der Waals surface area contributed by atoms with Crippen molar-refractivity contribution in [3.63, 3.8) is 0 Å². The number of pyridine rings is 1. The van der Waals surface area contributed by atoms with Crippen molar-refractivity contribution >= 4 is 0 Å². The summed E-state index contributed by atoms with van der Waals surface area (Å²) in [7, 11) is 1.65. The molecule has 6 heteroatoms. The Hall–Kier alpha value is -3.64. The molecule has 1 aliphatic heterocycles. The zero-order chi connectivity index (χ0) is 21.0. The minimum Gasteiger partial charge on any atom is -0.493 e. The highest BCUT2D eigenvalue weighted by Crippen LogP contribution is 2.35. The van der Waals surface area contributed by atoms with Crippen molar-refractivity contribution in [3.8, 4) is 39.6 Å². The van der Waals surface area contributed by atoms with Crippen LogP contribution in [0.3, 0.4) is 0 Å². The van der Waals surface area contributed by atoms with Crippen LogP contribution in [0.15, 0.2) is 79.3 Å². The first-order valence-electron chi connectivity index (χ1n) is 10.3. The maximum Gasteiger partial charge on any atom is 0.162 e. The molecule has 2 aromatic heterocycles. The van der Waals surface area contributed by atoms with Crippen molar-refractivity contribution in [3.05, 3.63) is 79.3 Å². The third-order valence-electron chi connectivity index (χ3n) is 5.39. The van der Waals surface area contributed by atoms with Crippen molar-refractivity contribution in [2.24, 2.45) is 0 Å². The SMILES string of the molecule is COc1ccc(-c2ccnn2-c2ccc(-c3cccnc3)cc2)cc1O[C@@H]1CCOC1. The Labute approximate surface area is 181 Å². The van der Waals surface area contributed by atoms with Gasteiger partial charge >= 0.3 is 0 Å². The fraction of sp³-hybridized carbons (Fsp3) is 0.200. The van der Waals surface area contributed by atoms with Crippen molar-refractivity contribution in [2.45, 2.75) is 12.5 Å². The van der Waals surface area contributed by atoms with E-state index in [2.05, 4.69) is 40.4 Å². The molecular formula is C25H23N3O3. The lowest BCUT2D eigenvalue weighted by atomic mass is 10.1. The Morgan fingerprint density at radius 3 is 2.55 bits per heavy atom. The highest BCUT2D eigenvalue weighted by molar-refractivity contribution is 5.68. The van der Waals surface area contributed by atoms with Gasteiger partial charge in [-0.15, -0.1) is 0 Å². The van der Waals surface area contributed by atoms with Crippen LogP contribution in [0.2, 0.25) is 0 Å². The summed E-state index contributed by atoms with van der Waals surface area (Å²) in [6.45, 7) is 1.34. The molecule has 0 bridgehead atoms. The predicted molar refractivity (Wildman–Crippen MR) is 119 cm³/mol. The van der Waals surface area contributed by atoms with E-state index in [0.29, 0.717) is 12.4 Å². The van der Waals surface area contributed by atoms with Crippen molar-refractivity contribution in [1.29, 1.82) is 0 Å². The van der Waals surface area contributed by atoms with Gasteiger partial charge in [-0.3, -0.25) is 4.98 Å². The molecule has 0 spiro atoms. The van der Waals surface area contributed by atoms with Crippen molar-refractivity contribution in [1.82, 2.24) is 14.8 Å². The van der Waals surface area contributed by atoms with Crippen LogP contribution in [0.25, 0.3) is 28.1 Å². The van der Waals surface area contributed by atoms with Crippen molar-refractivity contribution in [2.75, 3.05) is 20.3 Å². The maximum atomic E-state index is 6.16. The molecule has 1 saturated heterocycles. The van der Waals surface area contributed by atoms with Gasteiger partial charge in [0.15, 0.2) is 11.5 Å². The zero-order valence-electron chi connectivity index (χ0n) is 17.3. The predicted octanol–water partition coefficient (Wildman–Crippen LogP) is 4.78. The van der Waals surface area contributed by atoms with Gasteiger partial charge in [-0.1, -0.05) is 18.2 Å². The zero-order valence-corrected chi connectivity index (χ0v) is 17.3. The van der Waals surface area contributed by atoms with Crippen LogP contribution in [0.5, 0.6) is 11.5 Å². The fourth-order valence-electron chi connectivity index (χ4n) is 3.77. The maximum absolute atomic E-state index is 6.16. The van der Waals surface area contributed by atoms with E-state index in [1.165, 1.54) is 0 Å². The summed E-state index contributed by atoms with van der Waals surface area (Å²) in [5, 5.41) is 4.55. The molecule has 156 valence electrons. The summed E-state index contributed by atoms with van der Waals surface area (Å²) in [5.41, 5.74) is 5.16. The van der Waals surface area contributed by atoms with Gasteiger partial charge in [-0.05, 0) is 53.6 Å². The van der Waals surface area contributed by atoms with Gasteiger partial charge in [-0.2, -0.15) is 5.10 Å². The molecule has 1 aliphatic rings. The Balaban J connectivity index is 1.46. The standard InChI is InChI=1S/C25H23N3O3/c1-29-24-9-6-19(15-25(24)31-22-11-14-30-17-22)23-10-13-27-28(23)21-7-4-18(5-8-21)20-3-2-12-26-16-20/h2-10,12-13,15-16,22H,11,14,17H2,1H3/t22-/m1/s1. The third-order valence-corrected chi connectivity index (χ3v) is 5.39. The second-order valence-electron chi connectivity index (χ2n) is 7.39. The first kappa shape index (κ1) is 19.3. The number of hydrogen-bond donors (Lipinski definition) is 0. The van der Waals surface area contributed by atoms with Gasteiger partial charge in [0.2, 0.25) is 0 Å². The molecule has 4 aromatic rings. The van der Waals surface area contributed by atoms with Gasteiger partial charge in [0.05, 0.1) is 37.9 Å². The van der Waals surface area contributed by atoms with E-state index in [1.54, 1.807) is 19.5 Å². The second kappa shape index (κ2) is 8.62. The number of nitrogens with zero attached hydrogens (tertiary/aromatic N) is 3. The third kappa shape index (κ3) is 4.02. The summed E-state index contributed by atoms with van der Waals surface area (Å²) in [5.74, 6) is 1.43. The van der Waals surface area contributed by atoms with Crippen LogP contribution in [0.1, 0.15) is 6.42 Å². The topological polar surface area (TPSA) is 58.4 Å². The Bertz CT molecular complexity index is 1150. The molecule has 0 aliphatic carbocycles. The lowest BCUT2D eigenvalue weighted by Gasteiger charge is -2.16. The molecule has 3 heterocycles. The first-order valence-corrected chi connectivity index (χ1v) is 10.3. The lowest BCUT2D eigenvalue weighted by Crippen LogP contribution is -2.16. The van der Waals surface area contributed by atoms with Crippen LogP contribution in [-0.4, -0.2) is 41.2 Å². The molecule has 6 nitrogen and oxygen atoms in total. The van der Waals surface area contributed by atoms with Crippen LogP contribution in [0, 0.1) is 0 Å². The minimum absolute atomic E-state index is 0.0501. The van der Waals surface area contributed by atoms with Gasteiger partial charge in [0.1, 0.15) is 6.10 Å². The number of rotatable bonds is 6. The number of aromatic nitrogens is 3. The normalized spacial score (nSPS) is 15.7. The van der Waals surface area contributed by atoms with Crippen molar-refractivity contribution < 1.29 is 14.2 Å². The molecule has 0 unspecified atom stereocenters. The number of methoxy groups -OCH3 is 1. The molecule has 1 atom stereocenters. The minimum atomic E-state index is 0.0501. The van der Waals surface area contributed by atoms with Gasteiger partial charge in [0.25, 0.3) is 0 Å². The Morgan fingerprint density at radius 2 is 1.81 bits per heavy atom. The molecule has 0 amide bonds. The monoisotopic (exact) mass is 413 g/mol. The molecular weight excluding hydrogens is 390 g/mol. The number of benzene rings is 2. The highest BCUT2D eigenvalue weighted by Gasteiger charge is 2.20. The van der Waals surface area contributed by atoms with Gasteiger partial charge in [0, 0.05) is 24.4 Å². The molecule has 31 heavy (non-hydrogen) atoms. The summed E-state index contributed by atoms with van der Waals surface area (Å²) in [6, 6.07) is 20.3. The number of ether oxygens (including phenoxy) is 3. The van der Waals surface area contributed by atoms with Crippen LogP contribution in [-0.2, 0) is 4.74 Å². The van der Waals surface area contributed by atoms with E-state index < -0.39 is 0 Å². The van der Waals surface area contributed by atoms with E-state index in [9.17, 15) is 0 Å². The lowest BCUT2D eigenvalue weighted by molar-refractivity contribution is 0.138. The Kier molecular flexibility index (Phi) is 5.37. The highest BCUT2D eigenvalue weighted by atomic mass is 16.6. The Morgan fingerprint density at radius 1 is 0.935 bits per heavy atom. The van der Waals surface area contributed by atoms with E-state index in [-0.39, 0.29) is 6.10 Å². The number of hydrogen-bond acceptors (Lipinski definition) is 5. The first-order chi connectivity index (χ1) is 15.3. The average molecular weight is 413 g/mol. The van der Waals surface area contributed by atoms with Crippen LogP contribution >= 0.6 is 0 Å². The van der Waals surface area contributed by atoms with E-state index in [1.807, 2.05) is 41.2 Å². The molecule has 0 saturated carbocycles. The summed E-state index contributed by atoms with van der Waals surface area (Å²) < 4.78 is 19.0. The van der Waals surface area contributed by atoms with E-state index in [0.717, 1.165) is 46.8 Å². The largest absolute Gasteiger partial charge is 0.493 e. The molecule has 5 rings (SSSR count). The molecule has 0 radical (unpaired) electrons. The molecule has 0 N–H and O–H groups in total. The summed E-state index contributed by atoms with van der Waals surface area (Å²) in [4.78, 5) is 4.20. The van der Waals surface area contributed by atoms with Crippen LogP contribution < -0.4 is 9.47 Å². The van der Waals surface area contributed by atoms with E-state index in [4.69, 9.17) is 14.2 Å². The fourth-order valence-corrected chi connectivity index (χ4v) is 3.77. The smallest absolute Gasteiger partial charge is 0.162 e. The second-order valence-corrected chi connectivity index (χ2v) is 7.39. The quantitative estimate of drug-likeness (QED) is 0.455. The average Bonchev–Trinajstić information content (AvgIpc) is 3.52. The van der Waals surface area contributed by atoms with E-state index >= 15 is 0 Å². The van der Waals surface area contributed by atoms with Gasteiger partial charge in [-0.25, -0.2) is 4.68 Å². The molecule has 2 aromatic carbocycles. The molecule has 1 fully saturated rings. The summed E-state index contributed by atoms with van der Waals surface area (Å²) >= 11 is 0. The summed E-state index contributed by atoms with van der Waals surface area (Å²) in [6.07, 6.45) is 6.38. The van der Waals surface area contributed by atoms with Crippen LogP contribution in [0.4, 0.5) is 0 Å². The van der Waals surface area contributed by atoms with Gasteiger partial charge < -0.3 is 14.2 Å².